The minimum atomic E-state index is -0.863. The van der Waals surface area contributed by atoms with Gasteiger partial charge in [0.05, 0.1) is 18.2 Å². The lowest BCUT2D eigenvalue weighted by molar-refractivity contribution is -0.140. The molecule has 1 unspecified atom stereocenters. The fourth-order valence-corrected chi connectivity index (χ4v) is 4.54. The number of benzene rings is 3. The molecule has 180 valence electrons. The molecule has 0 aliphatic carbocycles. The van der Waals surface area contributed by atoms with Crippen LogP contribution in [0.25, 0.3) is 5.76 Å². The molecule has 4 rings (SSSR count). The second-order valence-electron chi connectivity index (χ2n) is 8.52. The van der Waals surface area contributed by atoms with Crippen molar-refractivity contribution in [3.63, 3.8) is 0 Å². The lowest BCUT2D eigenvalue weighted by Crippen LogP contribution is -2.29. The highest BCUT2D eigenvalue weighted by atomic mass is 79.9. The number of nitrogens with zero attached hydrogens (tertiary/aromatic N) is 1. The Kier molecular flexibility index (Phi) is 6.98. The number of ketones is 1. The van der Waals surface area contributed by atoms with E-state index < -0.39 is 17.7 Å². The number of carbonyl (C=O) groups excluding carboxylic acids is 2. The van der Waals surface area contributed by atoms with Crippen molar-refractivity contribution in [3.8, 4) is 11.5 Å². The third kappa shape index (κ3) is 4.82. The zero-order valence-electron chi connectivity index (χ0n) is 19.7. The molecule has 0 aromatic heterocycles. The number of carbonyl (C=O) groups is 2. The lowest BCUT2D eigenvalue weighted by atomic mass is 9.94. The molecule has 0 saturated carbocycles. The van der Waals surface area contributed by atoms with Gasteiger partial charge in [-0.1, -0.05) is 57.9 Å². The highest BCUT2D eigenvalue weighted by Crippen LogP contribution is 2.42. The number of hydrogen-bond donors (Lipinski definition) is 2. The number of aryl methyl sites for hydroxylation is 2. The quantitative estimate of drug-likeness (QED) is 0.237. The maximum absolute atomic E-state index is 13.3. The first kappa shape index (κ1) is 24.5. The number of aliphatic hydroxyl groups excluding tert-OH is 1. The van der Waals surface area contributed by atoms with Gasteiger partial charge in [0.25, 0.3) is 11.7 Å². The van der Waals surface area contributed by atoms with Gasteiger partial charge in [-0.25, -0.2) is 0 Å². The van der Waals surface area contributed by atoms with Gasteiger partial charge in [0, 0.05) is 16.6 Å². The predicted molar refractivity (Wildman–Crippen MR) is 137 cm³/mol. The van der Waals surface area contributed by atoms with E-state index in [1.54, 1.807) is 43.3 Å². The van der Waals surface area contributed by atoms with Crippen molar-refractivity contribution in [2.45, 2.75) is 33.4 Å². The van der Waals surface area contributed by atoms with E-state index in [-0.39, 0.29) is 29.4 Å². The van der Waals surface area contributed by atoms with Crippen LogP contribution in [0.5, 0.6) is 11.5 Å². The Hall–Kier alpha value is -3.58. The van der Waals surface area contributed by atoms with Gasteiger partial charge in [-0.05, 0) is 61.7 Å². The van der Waals surface area contributed by atoms with E-state index in [2.05, 4.69) is 15.9 Å². The van der Waals surface area contributed by atoms with Crippen molar-refractivity contribution in [3.05, 3.63) is 98.5 Å². The van der Waals surface area contributed by atoms with Gasteiger partial charge < -0.3 is 19.8 Å². The van der Waals surface area contributed by atoms with E-state index in [0.29, 0.717) is 17.7 Å². The predicted octanol–water partition coefficient (Wildman–Crippen LogP) is 5.79. The molecular formula is C28H26BrNO5. The molecule has 6 nitrogen and oxygen atoms in total. The molecule has 7 heteroatoms. The maximum Gasteiger partial charge on any atom is 0.295 e. The van der Waals surface area contributed by atoms with Crippen LogP contribution in [0.15, 0.2) is 70.7 Å². The summed E-state index contributed by atoms with van der Waals surface area (Å²) < 4.78 is 6.37. The summed E-state index contributed by atoms with van der Waals surface area (Å²) in [6, 6.07) is 16.7. The number of hydrogen-bond acceptors (Lipinski definition) is 5. The maximum atomic E-state index is 13.3. The molecule has 1 saturated heterocycles. The van der Waals surface area contributed by atoms with E-state index in [4.69, 9.17) is 4.74 Å². The number of ether oxygens (including phenoxy) is 1. The Morgan fingerprint density at radius 1 is 1.03 bits per heavy atom. The van der Waals surface area contributed by atoms with Crippen molar-refractivity contribution >= 4 is 33.4 Å². The number of likely N-dealkylation sites (tertiary alicyclic amines) is 1. The van der Waals surface area contributed by atoms with Gasteiger partial charge in [-0.15, -0.1) is 0 Å². The Morgan fingerprint density at radius 2 is 1.74 bits per heavy atom. The summed E-state index contributed by atoms with van der Waals surface area (Å²) in [7, 11) is 0. The summed E-state index contributed by atoms with van der Waals surface area (Å²) in [4.78, 5) is 28.1. The van der Waals surface area contributed by atoms with Crippen molar-refractivity contribution in [1.82, 2.24) is 4.90 Å². The zero-order chi connectivity index (χ0) is 25.3. The molecule has 3 aromatic carbocycles. The topological polar surface area (TPSA) is 87.1 Å². The van der Waals surface area contributed by atoms with Crippen molar-refractivity contribution in [2.75, 3.05) is 6.61 Å². The number of Topliss-reactive ketones (excluding diaryl/α,β-unsaturated/α-hetero) is 1. The van der Waals surface area contributed by atoms with E-state index in [1.165, 1.54) is 11.0 Å². The molecule has 3 aromatic rings. The lowest BCUT2D eigenvalue weighted by Gasteiger charge is -2.26. The van der Waals surface area contributed by atoms with Crippen LogP contribution in [0.4, 0.5) is 0 Å². The molecule has 2 N–H and O–H groups in total. The molecule has 35 heavy (non-hydrogen) atoms. The van der Waals surface area contributed by atoms with Crippen LogP contribution in [-0.4, -0.2) is 33.4 Å². The van der Waals surface area contributed by atoms with Crippen LogP contribution in [-0.2, 0) is 16.1 Å². The molecule has 0 bridgehead atoms. The van der Waals surface area contributed by atoms with Crippen LogP contribution < -0.4 is 4.74 Å². The number of amides is 1. The number of rotatable bonds is 6. The van der Waals surface area contributed by atoms with E-state index >= 15 is 0 Å². The molecule has 0 spiro atoms. The van der Waals surface area contributed by atoms with E-state index in [1.807, 2.05) is 32.0 Å². The summed E-state index contributed by atoms with van der Waals surface area (Å²) in [5.74, 6) is -1.51. The molecule has 1 fully saturated rings. The van der Waals surface area contributed by atoms with Crippen molar-refractivity contribution < 1.29 is 24.5 Å². The normalized spacial score (nSPS) is 17.1. The van der Waals surface area contributed by atoms with Crippen molar-refractivity contribution in [2.24, 2.45) is 0 Å². The third-order valence-corrected chi connectivity index (χ3v) is 6.63. The SMILES string of the molecule is CCOc1cc(C2/C(=C(/O)c3ccc(Br)cc3)C(=O)C(=O)N2Cc2cc(C)ccc2C)ccc1O. The Morgan fingerprint density at radius 3 is 2.43 bits per heavy atom. The highest BCUT2D eigenvalue weighted by Gasteiger charge is 2.46. The van der Waals surface area contributed by atoms with Gasteiger partial charge in [0.15, 0.2) is 11.5 Å². The van der Waals surface area contributed by atoms with Crippen LogP contribution in [0.2, 0.25) is 0 Å². The van der Waals surface area contributed by atoms with Gasteiger partial charge in [0.1, 0.15) is 5.76 Å². The second-order valence-corrected chi connectivity index (χ2v) is 9.44. The summed E-state index contributed by atoms with van der Waals surface area (Å²) in [5.41, 5.74) is 3.91. The zero-order valence-corrected chi connectivity index (χ0v) is 21.3. The third-order valence-electron chi connectivity index (χ3n) is 6.10. The standard InChI is InChI=1S/C28H26BrNO5/c1-4-35-23-14-19(9-12-22(23)31)25-24(26(32)18-7-10-21(29)11-8-18)27(33)28(34)30(25)15-20-13-16(2)5-6-17(20)3/h5-14,25,31-32H,4,15H2,1-3H3/b26-24-. The Labute approximate surface area is 212 Å². The molecule has 0 radical (unpaired) electrons. The molecule has 1 atom stereocenters. The Bertz CT molecular complexity index is 1330. The van der Waals surface area contributed by atoms with Crippen LogP contribution in [0.3, 0.4) is 0 Å². The van der Waals surface area contributed by atoms with Gasteiger partial charge in [0.2, 0.25) is 0 Å². The number of aliphatic hydroxyl groups is 1. The number of aromatic hydroxyl groups is 1. The average Bonchev–Trinajstić information content (AvgIpc) is 3.08. The fourth-order valence-electron chi connectivity index (χ4n) is 4.28. The minimum absolute atomic E-state index is 0.00392. The van der Waals surface area contributed by atoms with Gasteiger partial charge in [-0.2, -0.15) is 0 Å². The summed E-state index contributed by atoms with van der Waals surface area (Å²) in [6.07, 6.45) is 0. The van der Waals surface area contributed by atoms with Crippen molar-refractivity contribution in [1.29, 1.82) is 0 Å². The number of halogens is 1. The first-order valence-corrected chi connectivity index (χ1v) is 12.1. The molecule has 1 amide bonds. The van der Waals surface area contributed by atoms with Crippen LogP contribution >= 0.6 is 15.9 Å². The molecule has 1 aliphatic heterocycles. The fraction of sp³-hybridized carbons (Fsp3) is 0.214. The van der Waals surface area contributed by atoms with Crippen LogP contribution in [0.1, 0.15) is 40.8 Å². The molecule has 1 aliphatic rings. The first-order chi connectivity index (χ1) is 16.7. The highest BCUT2D eigenvalue weighted by molar-refractivity contribution is 9.10. The van der Waals surface area contributed by atoms with Gasteiger partial charge >= 0.3 is 0 Å². The summed E-state index contributed by atoms with van der Waals surface area (Å²) >= 11 is 3.37. The molecular weight excluding hydrogens is 510 g/mol. The summed E-state index contributed by atoms with van der Waals surface area (Å²) in [5, 5.41) is 21.4. The Balaban J connectivity index is 1.90. The average molecular weight is 536 g/mol. The van der Waals surface area contributed by atoms with Gasteiger partial charge in [-0.3, -0.25) is 9.59 Å². The smallest absolute Gasteiger partial charge is 0.295 e. The second kappa shape index (κ2) is 9.96. The largest absolute Gasteiger partial charge is 0.507 e. The molecule has 1 heterocycles. The number of phenols is 1. The van der Waals surface area contributed by atoms with E-state index in [0.717, 1.165) is 21.2 Å². The minimum Gasteiger partial charge on any atom is -0.507 e. The first-order valence-electron chi connectivity index (χ1n) is 11.3. The summed E-state index contributed by atoms with van der Waals surface area (Å²) in [6.45, 7) is 6.24. The monoisotopic (exact) mass is 535 g/mol. The number of phenolic OH excluding ortho intramolecular Hbond substituents is 1. The van der Waals surface area contributed by atoms with Crippen LogP contribution in [0, 0.1) is 13.8 Å². The van der Waals surface area contributed by atoms with E-state index in [9.17, 15) is 19.8 Å².